The molecular weight excluding hydrogens is 496 g/mol. The maximum absolute atomic E-state index is 12.4. The number of nitrogens with zero attached hydrogens (tertiary/aromatic N) is 3. The van der Waals surface area contributed by atoms with Crippen molar-refractivity contribution in [2.45, 2.75) is 39.0 Å². The van der Waals surface area contributed by atoms with Gasteiger partial charge in [-0.1, -0.05) is 13.3 Å². The molecule has 0 spiro atoms. The standard InChI is InChI=1S/C18H26N4OS.2C2H2O4/c1-2-21-8-10-22(11-9-21)13-17(23)20-18-15(12-19)14-6-4-3-5-7-16(14)24-18;2*3-1(4)2(5)6/h2-11,13H2,1H3,(H,20,23);2*(H,3,4)(H,5,6). The summed E-state index contributed by atoms with van der Waals surface area (Å²) < 4.78 is 0. The van der Waals surface area contributed by atoms with Crippen molar-refractivity contribution in [3.8, 4) is 6.07 Å². The second-order valence-corrected chi connectivity index (χ2v) is 8.96. The van der Waals surface area contributed by atoms with Gasteiger partial charge in [0, 0.05) is 31.1 Å². The maximum atomic E-state index is 12.4. The number of aryl methyl sites for hydroxylation is 1. The average molecular weight is 527 g/mol. The first kappa shape index (κ1) is 30.5. The zero-order valence-corrected chi connectivity index (χ0v) is 20.7. The highest BCUT2D eigenvalue weighted by molar-refractivity contribution is 7.16. The third kappa shape index (κ3) is 10.4. The molecule has 2 heterocycles. The molecule has 1 aliphatic heterocycles. The van der Waals surface area contributed by atoms with Crippen LogP contribution in [0.15, 0.2) is 0 Å². The number of nitriles is 1. The van der Waals surface area contributed by atoms with Crippen molar-refractivity contribution in [2.24, 2.45) is 0 Å². The number of carboxylic acid groups (broad SMARTS) is 4. The van der Waals surface area contributed by atoms with Crippen LogP contribution in [-0.2, 0) is 36.8 Å². The first-order valence-corrected chi connectivity index (χ1v) is 12.0. The van der Waals surface area contributed by atoms with Gasteiger partial charge in [0.15, 0.2) is 0 Å². The second kappa shape index (κ2) is 15.5. The number of piperazine rings is 1. The molecule has 13 nitrogen and oxygen atoms in total. The van der Waals surface area contributed by atoms with Gasteiger partial charge >= 0.3 is 23.9 Å². The Morgan fingerprint density at radius 3 is 1.83 bits per heavy atom. The highest BCUT2D eigenvalue weighted by atomic mass is 32.1. The van der Waals surface area contributed by atoms with Gasteiger partial charge in [0.25, 0.3) is 0 Å². The molecule has 5 N–H and O–H groups in total. The average Bonchev–Trinajstić information content (AvgIpc) is 2.98. The Bertz CT molecular complexity index is 946. The molecule has 0 saturated carbocycles. The number of hydrogen-bond donors (Lipinski definition) is 5. The maximum Gasteiger partial charge on any atom is 0.414 e. The summed E-state index contributed by atoms with van der Waals surface area (Å²) in [5.74, 6) is -7.29. The number of carbonyl (C=O) groups is 5. The zero-order valence-electron chi connectivity index (χ0n) is 19.9. The van der Waals surface area contributed by atoms with E-state index in [1.807, 2.05) is 0 Å². The number of carboxylic acids is 4. The molecule has 0 unspecified atom stereocenters. The zero-order chi connectivity index (χ0) is 27.3. The van der Waals surface area contributed by atoms with Crippen molar-refractivity contribution in [3.63, 3.8) is 0 Å². The fourth-order valence-corrected chi connectivity index (χ4v) is 4.84. The van der Waals surface area contributed by atoms with Crippen LogP contribution in [0.4, 0.5) is 5.00 Å². The van der Waals surface area contributed by atoms with Crippen LogP contribution in [0.3, 0.4) is 0 Å². The van der Waals surface area contributed by atoms with Crippen molar-refractivity contribution in [1.29, 1.82) is 5.26 Å². The summed E-state index contributed by atoms with van der Waals surface area (Å²) in [6.07, 6.45) is 5.59. The molecule has 0 atom stereocenters. The van der Waals surface area contributed by atoms with E-state index in [0.29, 0.717) is 12.1 Å². The molecule has 1 saturated heterocycles. The molecule has 0 bridgehead atoms. The molecule has 1 aromatic rings. The second-order valence-electron chi connectivity index (χ2n) is 7.86. The third-order valence-electron chi connectivity index (χ3n) is 5.43. The minimum absolute atomic E-state index is 0.00728. The van der Waals surface area contributed by atoms with Gasteiger partial charge in [-0.3, -0.25) is 9.69 Å². The molecule has 198 valence electrons. The smallest absolute Gasteiger partial charge is 0.414 e. The Hall–Kier alpha value is -3.54. The first-order valence-electron chi connectivity index (χ1n) is 11.2. The number of likely N-dealkylation sites (N-methyl/N-ethyl adjacent to an activating group) is 1. The summed E-state index contributed by atoms with van der Waals surface area (Å²) >= 11 is 1.61. The predicted octanol–water partition coefficient (Wildman–Crippen LogP) is 0.776. The van der Waals surface area contributed by atoms with Crippen molar-refractivity contribution in [3.05, 3.63) is 16.0 Å². The van der Waals surface area contributed by atoms with Gasteiger partial charge in [0.05, 0.1) is 12.1 Å². The highest BCUT2D eigenvalue weighted by Gasteiger charge is 2.22. The fourth-order valence-electron chi connectivity index (χ4n) is 3.58. The number of carbonyl (C=O) groups excluding carboxylic acids is 1. The monoisotopic (exact) mass is 526 g/mol. The topological polar surface area (TPSA) is 209 Å². The normalized spacial score (nSPS) is 15.3. The van der Waals surface area contributed by atoms with E-state index in [-0.39, 0.29) is 5.91 Å². The van der Waals surface area contributed by atoms with E-state index in [1.54, 1.807) is 11.3 Å². The first-order chi connectivity index (χ1) is 17.0. The van der Waals surface area contributed by atoms with Crippen LogP contribution in [0.5, 0.6) is 0 Å². The largest absolute Gasteiger partial charge is 0.473 e. The lowest BCUT2D eigenvalue weighted by atomic mass is 10.1. The van der Waals surface area contributed by atoms with Gasteiger partial charge in [0.1, 0.15) is 11.1 Å². The molecular formula is C22H30N4O9S. The van der Waals surface area contributed by atoms with E-state index in [1.165, 1.54) is 23.3 Å². The van der Waals surface area contributed by atoms with Gasteiger partial charge in [-0.15, -0.1) is 11.3 Å². The molecule has 3 rings (SSSR count). The number of hydrogen-bond acceptors (Lipinski definition) is 9. The van der Waals surface area contributed by atoms with E-state index in [4.69, 9.17) is 39.6 Å². The van der Waals surface area contributed by atoms with Crippen LogP contribution < -0.4 is 5.32 Å². The predicted molar refractivity (Wildman–Crippen MR) is 128 cm³/mol. The van der Waals surface area contributed by atoms with E-state index in [2.05, 4.69) is 28.1 Å². The number of aliphatic carboxylic acids is 4. The molecule has 2 aliphatic rings. The number of fused-ring (bicyclic) bond motifs is 1. The number of thiophene rings is 1. The van der Waals surface area contributed by atoms with E-state index in [9.17, 15) is 10.1 Å². The van der Waals surface area contributed by atoms with Gasteiger partial charge in [0.2, 0.25) is 5.91 Å². The summed E-state index contributed by atoms with van der Waals surface area (Å²) in [4.78, 5) is 54.7. The number of rotatable bonds is 4. The van der Waals surface area contributed by atoms with Crippen LogP contribution in [0.1, 0.15) is 42.2 Å². The summed E-state index contributed by atoms with van der Waals surface area (Å²) in [6.45, 7) is 7.60. The van der Waals surface area contributed by atoms with Crippen molar-refractivity contribution >= 4 is 46.1 Å². The van der Waals surface area contributed by atoms with Crippen molar-refractivity contribution < 1.29 is 44.4 Å². The molecule has 36 heavy (non-hydrogen) atoms. The molecule has 1 aromatic heterocycles. The molecule has 1 aliphatic carbocycles. The number of amides is 1. The van der Waals surface area contributed by atoms with Crippen LogP contribution in [0.2, 0.25) is 0 Å². The van der Waals surface area contributed by atoms with E-state index in [0.717, 1.165) is 57.0 Å². The van der Waals surface area contributed by atoms with Crippen molar-refractivity contribution in [1.82, 2.24) is 9.80 Å². The number of anilines is 1. The minimum Gasteiger partial charge on any atom is -0.473 e. The van der Waals surface area contributed by atoms with Crippen molar-refractivity contribution in [2.75, 3.05) is 44.6 Å². The Balaban J connectivity index is 0.000000450. The van der Waals surface area contributed by atoms with Gasteiger partial charge in [-0.25, -0.2) is 19.2 Å². The van der Waals surface area contributed by atoms with Gasteiger partial charge in [-0.05, 0) is 37.8 Å². The Labute approximate surface area is 211 Å². The summed E-state index contributed by atoms with van der Waals surface area (Å²) in [5, 5.41) is 42.9. The molecule has 1 fully saturated rings. The molecule has 0 radical (unpaired) electrons. The highest BCUT2D eigenvalue weighted by Crippen LogP contribution is 2.36. The van der Waals surface area contributed by atoms with Crippen LogP contribution in [-0.4, -0.2) is 99.3 Å². The Morgan fingerprint density at radius 1 is 0.861 bits per heavy atom. The minimum atomic E-state index is -1.82. The SMILES string of the molecule is CCN1CCN(CC(=O)Nc2sc3c(c2C#N)CCCCC3)CC1.O=C(O)C(=O)O.O=C(O)C(=O)O. The fraction of sp³-hybridized carbons (Fsp3) is 0.545. The summed E-state index contributed by atoms with van der Waals surface area (Å²) in [5.41, 5.74) is 1.90. The van der Waals surface area contributed by atoms with Gasteiger partial charge < -0.3 is 30.6 Å². The van der Waals surface area contributed by atoms with Gasteiger partial charge in [-0.2, -0.15) is 5.26 Å². The third-order valence-corrected chi connectivity index (χ3v) is 6.64. The summed E-state index contributed by atoms with van der Waals surface area (Å²) in [6, 6.07) is 2.33. The van der Waals surface area contributed by atoms with Crippen LogP contribution in [0.25, 0.3) is 0 Å². The van der Waals surface area contributed by atoms with E-state index >= 15 is 0 Å². The lowest BCUT2D eigenvalue weighted by Crippen LogP contribution is -2.48. The lowest BCUT2D eigenvalue weighted by molar-refractivity contribution is -0.159. The Kier molecular flexibility index (Phi) is 13.1. The Morgan fingerprint density at radius 2 is 1.36 bits per heavy atom. The lowest BCUT2D eigenvalue weighted by Gasteiger charge is -2.33. The summed E-state index contributed by atoms with van der Waals surface area (Å²) in [7, 11) is 0. The molecule has 14 heteroatoms. The molecule has 0 aromatic carbocycles. The van der Waals surface area contributed by atoms with E-state index < -0.39 is 23.9 Å². The van der Waals surface area contributed by atoms with Crippen LogP contribution in [0, 0.1) is 11.3 Å². The van der Waals surface area contributed by atoms with Crippen LogP contribution >= 0.6 is 11.3 Å². The quantitative estimate of drug-likeness (QED) is 0.272. The number of nitrogens with one attached hydrogen (secondary N) is 1. The molecule has 1 amide bonds.